The van der Waals surface area contributed by atoms with Crippen LogP contribution in [0, 0.1) is 23.7 Å². The van der Waals surface area contributed by atoms with E-state index in [1.165, 1.54) is 0 Å². The van der Waals surface area contributed by atoms with E-state index >= 15 is 0 Å². The second-order valence-corrected chi connectivity index (χ2v) is 19.4. The summed E-state index contributed by atoms with van der Waals surface area (Å²) in [7, 11) is -2.41. The minimum absolute atomic E-state index is 0.0192. The van der Waals surface area contributed by atoms with Gasteiger partial charge < -0.3 is 28.1 Å². The maximum Gasteiger partial charge on any atom is 0.338 e. The molecule has 2 saturated heterocycles. The molecule has 48 heavy (non-hydrogen) atoms. The molecule has 2 aliphatic rings. The lowest BCUT2D eigenvalue weighted by Gasteiger charge is -2.51. The van der Waals surface area contributed by atoms with E-state index in [9.17, 15) is 10.3 Å². The highest BCUT2D eigenvalue weighted by Gasteiger charge is 2.53. The second kappa shape index (κ2) is 16.3. The van der Waals surface area contributed by atoms with Crippen LogP contribution in [0.25, 0.3) is 10.4 Å². The van der Waals surface area contributed by atoms with Crippen molar-refractivity contribution in [2.24, 2.45) is 28.8 Å². The van der Waals surface area contributed by atoms with Gasteiger partial charge in [0.2, 0.25) is 0 Å². The summed E-state index contributed by atoms with van der Waals surface area (Å²) in [6, 6.07) is 18.1. The molecule has 0 amide bonds. The van der Waals surface area contributed by atoms with Crippen LogP contribution in [0.5, 0.6) is 0 Å². The predicted octanol–water partition coefficient (Wildman–Crippen LogP) is 8.53. The van der Waals surface area contributed by atoms with Crippen LogP contribution in [0.2, 0.25) is 18.1 Å². The summed E-state index contributed by atoms with van der Waals surface area (Å²) in [5.41, 5.74) is 11.3. The van der Waals surface area contributed by atoms with Gasteiger partial charge in [0.25, 0.3) is 0 Å². The second-order valence-electron chi connectivity index (χ2n) is 14.9. The van der Waals surface area contributed by atoms with Crippen molar-refractivity contribution in [2.75, 3.05) is 6.61 Å². The number of carbonyl (C=O) groups excluding carboxylic acids is 1. The van der Waals surface area contributed by atoms with E-state index in [0.717, 1.165) is 5.56 Å². The fraction of sp³-hybridized carbons (Fsp3) is 0.649. The third-order valence-electron chi connectivity index (χ3n) is 11.3. The van der Waals surface area contributed by atoms with Crippen LogP contribution < -0.4 is 0 Å². The number of carbonyl (C=O) groups is 1. The molecule has 4 rings (SSSR count). The zero-order valence-corrected chi connectivity index (χ0v) is 31.2. The summed E-state index contributed by atoms with van der Waals surface area (Å²) in [5, 5.41) is 4.12. The average Bonchev–Trinajstić information content (AvgIpc) is 3.05. The zero-order valence-electron chi connectivity index (χ0n) is 30.2. The minimum atomic E-state index is -2.41. The van der Waals surface area contributed by atoms with Crippen molar-refractivity contribution in [1.82, 2.24) is 0 Å². The summed E-state index contributed by atoms with van der Waals surface area (Å²) in [6.45, 7) is 22.1. The van der Waals surface area contributed by atoms with Crippen LogP contribution in [0.1, 0.15) is 71.3 Å². The van der Waals surface area contributed by atoms with Gasteiger partial charge in [0.05, 0.1) is 37.1 Å². The molecule has 264 valence electrons. The van der Waals surface area contributed by atoms with Crippen molar-refractivity contribution in [1.29, 1.82) is 0 Å². The van der Waals surface area contributed by atoms with E-state index in [1.807, 2.05) is 57.2 Å². The van der Waals surface area contributed by atoms with Crippen molar-refractivity contribution < 1.29 is 32.9 Å². The lowest BCUT2D eigenvalue weighted by atomic mass is 9.83. The van der Waals surface area contributed by atoms with E-state index in [-0.39, 0.29) is 35.0 Å². The Balaban J connectivity index is 1.63. The van der Waals surface area contributed by atoms with E-state index in [1.54, 1.807) is 24.3 Å². The fourth-order valence-electron chi connectivity index (χ4n) is 6.28. The van der Waals surface area contributed by atoms with E-state index in [0.29, 0.717) is 24.7 Å². The van der Waals surface area contributed by atoms with Crippen LogP contribution in [0.3, 0.4) is 0 Å². The molecular formula is C37H55N3O7Si. The Kier molecular flexibility index (Phi) is 12.9. The third-order valence-corrected chi connectivity index (χ3v) is 15.8. The quantitative estimate of drug-likeness (QED) is 0.0683. The molecule has 2 aromatic rings. The SMILES string of the molecule is CC1O[C@@H](O[Si](C)(C)C(C)(C)C(C)C)C(N=[N+]=[N-])[C@@H](O[C@@H]2OC(COCc3ccccc3)[C@@H](C)[C@H](C)C2OC(=O)c2ccccc2)[C@@H]1C. The molecule has 2 fully saturated rings. The summed E-state index contributed by atoms with van der Waals surface area (Å²) < 4.78 is 39.1. The highest BCUT2D eigenvalue weighted by Crippen LogP contribution is 2.47. The maximum atomic E-state index is 13.4. The number of azide groups is 1. The normalized spacial score (nSPS) is 31.2. The Morgan fingerprint density at radius 2 is 1.54 bits per heavy atom. The van der Waals surface area contributed by atoms with Crippen molar-refractivity contribution in [3.05, 3.63) is 82.2 Å². The van der Waals surface area contributed by atoms with Gasteiger partial charge in [0.15, 0.2) is 27.0 Å². The molecule has 2 heterocycles. The Morgan fingerprint density at radius 3 is 2.15 bits per heavy atom. The number of benzene rings is 2. The molecule has 0 radical (unpaired) electrons. The first-order valence-electron chi connectivity index (χ1n) is 17.2. The maximum absolute atomic E-state index is 13.4. The number of ether oxygens (including phenoxy) is 5. The fourth-order valence-corrected chi connectivity index (χ4v) is 8.75. The van der Waals surface area contributed by atoms with Gasteiger partial charge in [-0.05, 0) is 60.1 Å². The van der Waals surface area contributed by atoms with Gasteiger partial charge in [-0.25, -0.2) is 4.79 Å². The summed E-state index contributed by atoms with van der Waals surface area (Å²) in [6.07, 6.45) is -3.76. The first-order valence-corrected chi connectivity index (χ1v) is 20.1. The number of hydrogen-bond acceptors (Lipinski definition) is 8. The minimum Gasteiger partial charge on any atom is -0.453 e. The molecule has 10 nitrogen and oxygen atoms in total. The molecule has 0 spiro atoms. The number of esters is 1. The topological polar surface area (TPSA) is 121 Å². The van der Waals surface area contributed by atoms with Gasteiger partial charge in [-0.3, -0.25) is 0 Å². The van der Waals surface area contributed by atoms with Crippen LogP contribution in [-0.2, 0) is 34.7 Å². The Labute approximate surface area is 287 Å². The molecule has 10 atom stereocenters. The van der Waals surface area contributed by atoms with Gasteiger partial charge in [-0.15, -0.1) is 0 Å². The van der Waals surface area contributed by atoms with E-state index in [4.69, 9.17) is 28.1 Å². The third kappa shape index (κ3) is 8.69. The smallest absolute Gasteiger partial charge is 0.338 e. The highest BCUT2D eigenvalue weighted by molar-refractivity contribution is 6.74. The molecule has 0 bridgehead atoms. The lowest BCUT2D eigenvalue weighted by molar-refractivity contribution is -0.316. The first kappa shape index (κ1) is 38.0. The first-order chi connectivity index (χ1) is 22.7. The van der Waals surface area contributed by atoms with Crippen molar-refractivity contribution in [3.63, 3.8) is 0 Å². The summed E-state index contributed by atoms with van der Waals surface area (Å²) >= 11 is 0. The van der Waals surface area contributed by atoms with E-state index in [2.05, 4.69) is 57.7 Å². The zero-order chi connectivity index (χ0) is 35.2. The van der Waals surface area contributed by atoms with Gasteiger partial charge in [0.1, 0.15) is 6.04 Å². The van der Waals surface area contributed by atoms with Crippen LogP contribution >= 0.6 is 0 Å². The van der Waals surface area contributed by atoms with Gasteiger partial charge in [0, 0.05) is 16.7 Å². The summed E-state index contributed by atoms with van der Waals surface area (Å²) in [4.78, 5) is 16.6. The lowest BCUT2D eigenvalue weighted by Crippen LogP contribution is -2.61. The molecule has 2 aliphatic heterocycles. The van der Waals surface area contributed by atoms with Gasteiger partial charge in [-0.2, -0.15) is 0 Å². The molecule has 0 aliphatic carbocycles. The molecule has 0 saturated carbocycles. The Bertz CT molecular complexity index is 1370. The largest absolute Gasteiger partial charge is 0.453 e. The van der Waals surface area contributed by atoms with Crippen LogP contribution in [0.4, 0.5) is 0 Å². The molecule has 11 heteroatoms. The standard InChI is InChI=1S/C37H55N3O7Si/c1-23(2)37(7,8)48(9,10)47-35-31(39-40-38)32(26(5)27(6)43-35)46-36-33(45-34(41)29-19-15-12-16-20-29)25(4)24(3)30(44-36)22-42-21-28-17-13-11-14-18-28/h11-20,23-27,30-33,35-36H,21-22H2,1-10H3/t24-,25-,26+,27?,30?,31?,32-,33?,35-,36-/m0/s1. The molecule has 0 N–H and O–H groups in total. The monoisotopic (exact) mass is 681 g/mol. The van der Waals surface area contributed by atoms with Gasteiger partial charge in [-0.1, -0.05) is 102 Å². The number of rotatable bonds is 13. The van der Waals surface area contributed by atoms with E-state index < -0.39 is 45.1 Å². The Hall–Kier alpha value is -2.76. The van der Waals surface area contributed by atoms with Gasteiger partial charge >= 0.3 is 5.97 Å². The Morgan fingerprint density at radius 1 is 0.917 bits per heavy atom. The molecular weight excluding hydrogens is 627 g/mol. The van der Waals surface area contributed by atoms with Crippen molar-refractivity contribution >= 4 is 14.3 Å². The van der Waals surface area contributed by atoms with Crippen LogP contribution in [0.15, 0.2) is 65.8 Å². The van der Waals surface area contributed by atoms with Crippen LogP contribution in [-0.4, -0.2) is 63.9 Å². The molecule has 2 aromatic carbocycles. The average molecular weight is 682 g/mol. The summed E-state index contributed by atoms with van der Waals surface area (Å²) in [5.74, 6) is -0.448. The number of hydrogen-bond donors (Lipinski definition) is 0. The molecule has 0 aromatic heterocycles. The highest BCUT2D eigenvalue weighted by atomic mass is 28.4. The molecule has 4 unspecified atom stereocenters. The van der Waals surface area contributed by atoms with Crippen molar-refractivity contribution in [2.45, 2.75) is 123 Å². The van der Waals surface area contributed by atoms with Crippen molar-refractivity contribution in [3.8, 4) is 0 Å². The predicted molar refractivity (Wildman–Crippen MR) is 187 cm³/mol. The number of nitrogens with zero attached hydrogens (tertiary/aromatic N) is 3.